The zero-order valence-corrected chi connectivity index (χ0v) is 10.8. The summed E-state index contributed by atoms with van der Waals surface area (Å²) in [6, 6.07) is 18.1. The van der Waals surface area contributed by atoms with E-state index in [-0.39, 0.29) is 23.0 Å². The van der Waals surface area contributed by atoms with Gasteiger partial charge >= 0.3 is 17.1 Å². The average molecular weight is 271 g/mol. The minimum Gasteiger partial charge on any atom is -0.370 e. The molecule has 0 saturated carbocycles. The molecule has 0 aliphatic heterocycles. The van der Waals surface area contributed by atoms with Gasteiger partial charge in [0.2, 0.25) is 5.91 Å². The van der Waals surface area contributed by atoms with E-state index in [0.29, 0.717) is 6.42 Å². The van der Waals surface area contributed by atoms with Gasteiger partial charge in [0.1, 0.15) is 0 Å². The fraction of sp³-hybridized carbons (Fsp3) is 0.214. The molecule has 3 heteroatoms. The maximum Gasteiger partial charge on any atom is 2.00 e. The Morgan fingerprint density at radius 3 is 2.12 bits per heavy atom. The molecule has 0 bridgehead atoms. The summed E-state index contributed by atoms with van der Waals surface area (Å²) in [7, 11) is 0. The number of hydrogen-bond donors (Lipinski definition) is 1. The van der Waals surface area contributed by atoms with Crippen molar-refractivity contribution in [2.75, 3.05) is 0 Å². The first-order valence-electron chi connectivity index (χ1n) is 5.44. The van der Waals surface area contributed by atoms with E-state index in [4.69, 9.17) is 5.73 Å². The molecule has 1 amide bonds. The third-order valence-electron chi connectivity index (χ3n) is 2.18. The Hall–Kier alpha value is -1.31. The molecule has 2 rings (SSSR count). The molecule has 0 atom stereocenters. The standard InChI is InChI=1S/C9H12NO.C5H5.Fe/c10-9(11)7-3-6-8-4-1-2-5-8;1-2-4-5-3-1;/h1-2,4-5H,3,6-7H2,(H2,10,11);1-5H;/q2*-1;+2. The van der Waals surface area contributed by atoms with Crippen LogP contribution in [0.1, 0.15) is 18.4 Å². The summed E-state index contributed by atoms with van der Waals surface area (Å²) in [6.45, 7) is 0. The maximum atomic E-state index is 10.4. The molecule has 0 aliphatic rings. The molecule has 17 heavy (non-hydrogen) atoms. The Labute approximate surface area is 113 Å². The normalized spacial score (nSPS) is 8.71. The molecule has 0 unspecified atom stereocenters. The van der Waals surface area contributed by atoms with Crippen LogP contribution in [0, 0.1) is 0 Å². The molecule has 92 valence electrons. The molecule has 0 radical (unpaired) electrons. The van der Waals surface area contributed by atoms with Crippen LogP contribution in [0.2, 0.25) is 0 Å². The first kappa shape index (κ1) is 15.7. The van der Waals surface area contributed by atoms with Gasteiger partial charge in [-0.05, 0) is 0 Å². The van der Waals surface area contributed by atoms with Gasteiger partial charge in [-0.25, -0.2) is 24.3 Å². The molecule has 0 heterocycles. The van der Waals surface area contributed by atoms with Crippen LogP contribution in [-0.4, -0.2) is 5.91 Å². The predicted octanol–water partition coefficient (Wildman–Crippen LogP) is 2.62. The third-order valence-corrected chi connectivity index (χ3v) is 2.18. The molecule has 2 N–H and O–H groups in total. The number of rotatable bonds is 4. The zero-order valence-electron chi connectivity index (χ0n) is 9.66. The smallest absolute Gasteiger partial charge is 0.370 e. The number of hydrogen-bond acceptors (Lipinski definition) is 1. The van der Waals surface area contributed by atoms with Crippen LogP contribution in [0.25, 0.3) is 0 Å². The number of aryl methyl sites for hydroxylation is 1. The Bertz CT molecular complexity index is 348. The first-order chi connectivity index (χ1) is 7.79. The third kappa shape index (κ3) is 8.49. The quantitative estimate of drug-likeness (QED) is 0.674. The van der Waals surface area contributed by atoms with Crippen molar-refractivity contribution in [3.8, 4) is 0 Å². The first-order valence-corrected chi connectivity index (χ1v) is 5.44. The fourth-order valence-electron chi connectivity index (χ4n) is 1.37. The van der Waals surface area contributed by atoms with Crippen LogP contribution in [0.3, 0.4) is 0 Å². The van der Waals surface area contributed by atoms with Crippen molar-refractivity contribution in [2.45, 2.75) is 19.3 Å². The van der Waals surface area contributed by atoms with E-state index >= 15 is 0 Å². The van der Waals surface area contributed by atoms with Gasteiger partial charge in [0.05, 0.1) is 0 Å². The van der Waals surface area contributed by atoms with Gasteiger partial charge in [0.25, 0.3) is 0 Å². The average Bonchev–Trinajstić information content (AvgIpc) is 2.93. The van der Waals surface area contributed by atoms with Gasteiger partial charge in [-0.2, -0.15) is 35.9 Å². The minimum absolute atomic E-state index is 0. The summed E-state index contributed by atoms with van der Waals surface area (Å²) in [6.07, 6.45) is 2.31. The van der Waals surface area contributed by atoms with Crippen LogP contribution in [0.4, 0.5) is 0 Å². The van der Waals surface area contributed by atoms with Gasteiger partial charge in [-0.3, -0.25) is 4.79 Å². The van der Waals surface area contributed by atoms with E-state index in [1.54, 1.807) is 0 Å². The van der Waals surface area contributed by atoms with Crippen molar-refractivity contribution in [2.24, 2.45) is 5.73 Å². The van der Waals surface area contributed by atoms with Crippen LogP contribution >= 0.6 is 0 Å². The molecule has 0 aromatic heterocycles. The van der Waals surface area contributed by atoms with Gasteiger partial charge in [-0.15, -0.1) is 0 Å². The van der Waals surface area contributed by atoms with Crippen LogP contribution in [-0.2, 0) is 28.3 Å². The topological polar surface area (TPSA) is 43.1 Å². The second-order valence-corrected chi connectivity index (χ2v) is 3.58. The maximum absolute atomic E-state index is 10.4. The summed E-state index contributed by atoms with van der Waals surface area (Å²) >= 11 is 0. The second-order valence-electron chi connectivity index (χ2n) is 3.58. The Morgan fingerprint density at radius 2 is 1.71 bits per heavy atom. The van der Waals surface area contributed by atoms with Crippen molar-refractivity contribution < 1.29 is 21.9 Å². The largest absolute Gasteiger partial charge is 2.00 e. The van der Waals surface area contributed by atoms with Gasteiger partial charge in [0, 0.05) is 6.42 Å². The second kappa shape index (κ2) is 9.88. The predicted molar refractivity (Wildman–Crippen MR) is 66.2 cm³/mol. The zero-order chi connectivity index (χ0) is 11.6. The van der Waals surface area contributed by atoms with Crippen molar-refractivity contribution >= 4 is 5.91 Å². The number of carbonyl (C=O) groups excluding carboxylic acids is 1. The number of amides is 1. The minimum atomic E-state index is -0.212. The van der Waals surface area contributed by atoms with E-state index in [0.717, 1.165) is 12.8 Å². The Morgan fingerprint density at radius 1 is 1.12 bits per heavy atom. The number of primary amides is 1. The monoisotopic (exact) mass is 271 g/mol. The molecular weight excluding hydrogens is 254 g/mol. The van der Waals surface area contributed by atoms with Crippen LogP contribution < -0.4 is 5.73 Å². The van der Waals surface area contributed by atoms with E-state index in [1.165, 1.54) is 5.56 Å². The molecule has 0 saturated heterocycles. The molecular formula is C14H17FeNO. The van der Waals surface area contributed by atoms with E-state index in [2.05, 4.69) is 12.1 Å². The summed E-state index contributed by atoms with van der Waals surface area (Å²) in [5.74, 6) is -0.212. The summed E-state index contributed by atoms with van der Waals surface area (Å²) in [5.41, 5.74) is 6.28. The number of carbonyl (C=O) groups is 1. The summed E-state index contributed by atoms with van der Waals surface area (Å²) in [4.78, 5) is 10.4. The van der Waals surface area contributed by atoms with Crippen molar-refractivity contribution in [3.05, 3.63) is 60.2 Å². The van der Waals surface area contributed by atoms with Gasteiger partial charge < -0.3 is 5.73 Å². The summed E-state index contributed by atoms with van der Waals surface area (Å²) in [5, 5.41) is 0. The Balaban J connectivity index is 0.000000360. The molecule has 2 aromatic carbocycles. The SMILES string of the molecule is NC(=O)CCC[c-]1cccc1.[Fe+2].c1cc[cH-]c1. The van der Waals surface area contributed by atoms with Crippen molar-refractivity contribution in [1.82, 2.24) is 0 Å². The van der Waals surface area contributed by atoms with Crippen LogP contribution in [0.15, 0.2) is 54.6 Å². The van der Waals surface area contributed by atoms with Crippen molar-refractivity contribution in [3.63, 3.8) is 0 Å². The summed E-state index contributed by atoms with van der Waals surface area (Å²) < 4.78 is 0. The van der Waals surface area contributed by atoms with Gasteiger partial charge in [0.15, 0.2) is 0 Å². The molecule has 2 nitrogen and oxygen atoms in total. The van der Waals surface area contributed by atoms with E-state index in [1.807, 2.05) is 42.5 Å². The number of nitrogens with two attached hydrogens (primary N) is 1. The fourth-order valence-corrected chi connectivity index (χ4v) is 1.37. The van der Waals surface area contributed by atoms with E-state index < -0.39 is 0 Å². The molecule has 0 fully saturated rings. The van der Waals surface area contributed by atoms with Crippen molar-refractivity contribution in [1.29, 1.82) is 0 Å². The molecule has 2 aromatic rings. The molecule has 0 spiro atoms. The van der Waals surface area contributed by atoms with Gasteiger partial charge in [-0.1, -0.05) is 12.8 Å². The molecule has 0 aliphatic carbocycles. The van der Waals surface area contributed by atoms with E-state index in [9.17, 15) is 4.79 Å². The Kier molecular flexibility index (Phi) is 9.12. The van der Waals surface area contributed by atoms with Crippen LogP contribution in [0.5, 0.6) is 0 Å².